The lowest BCUT2D eigenvalue weighted by atomic mass is 10.1. The summed E-state index contributed by atoms with van der Waals surface area (Å²) in [4.78, 5) is 23.7. The van der Waals surface area contributed by atoms with Gasteiger partial charge in [0.2, 0.25) is 5.91 Å². The van der Waals surface area contributed by atoms with Crippen molar-refractivity contribution in [3.05, 3.63) is 53.4 Å². The first kappa shape index (κ1) is 16.1. The standard InChI is InChI=1S/C16H15F2N3O3/c1-21-12(5-6-19-21)14(16(23)24)20-15(22)10-7-9(10)8-3-2-4-11(17)13(8)18/h2-6,9-10,14H,7H2,1H3,(H,20,22)(H,23,24). The average Bonchev–Trinajstić information content (AvgIpc) is 3.22. The van der Waals surface area contributed by atoms with Crippen molar-refractivity contribution in [1.82, 2.24) is 15.1 Å². The summed E-state index contributed by atoms with van der Waals surface area (Å²) in [5.74, 6) is -4.66. The van der Waals surface area contributed by atoms with Gasteiger partial charge < -0.3 is 10.4 Å². The number of aryl methyl sites for hydroxylation is 1. The van der Waals surface area contributed by atoms with Gasteiger partial charge >= 0.3 is 5.97 Å². The van der Waals surface area contributed by atoms with Crippen molar-refractivity contribution < 1.29 is 23.5 Å². The van der Waals surface area contributed by atoms with E-state index in [9.17, 15) is 23.5 Å². The maximum absolute atomic E-state index is 13.8. The van der Waals surface area contributed by atoms with E-state index in [1.165, 1.54) is 29.1 Å². The molecule has 2 N–H and O–H groups in total. The van der Waals surface area contributed by atoms with Gasteiger partial charge in [-0.2, -0.15) is 5.10 Å². The van der Waals surface area contributed by atoms with Crippen molar-refractivity contribution >= 4 is 11.9 Å². The Labute approximate surface area is 136 Å². The topological polar surface area (TPSA) is 84.2 Å². The normalized spacial score (nSPS) is 20.5. The number of hydrogen-bond acceptors (Lipinski definition) is 3. The summed E-state index contributed by atoms with van der Waals surface area (Å²) < 4.78 is 28.4. The first-order valence-corrected chi connectivity index (χ1v) is 7.35. The summed E-state index contributed by atoms with van der Waals surface area (Å²) in [5.41, 5.74) is 0.465. The van der Waals surface area contributed by atoms with Gasteiger partial charge in [0.25, 0.3) is 0 Å². The molecule has 1 aliphatic rings. The summed E-state index contributed by atoms with van der Waals surface area (Å²) in [6, 6.07) is 4.08. The average molecular weight is 335 g/mol. The molecule has 0 bridgehead atoms. The van der Waals surface area contributed by atoms with E-state index in [0.29, 0.717) is 12.1 Å². The van der Waals surface area contributed by atoms with Crippen LogP contribution in [0.1, 0.15) is 29.6 Å². The van der Waals surface area contributed by atoms with Crippen LogP contribution in [0.3, 0.4) is 0 Å². The Bertz CT molecular complexity index is 806. The quantitative estimate of drug-likeness (QED) is 0.872. The smallest absolute Gasteiger partial charge is 0.332 e. The van der Waals surface area contributed by atoms with Crippen molar-refractivity contribution in [2.45, 2.75) is 18.4 Å². The lowest BCUT2D eigenvalue weighted by Gasteiger charge is -2.15. The number of rotatable bonds is 5. The Morgan fingerprint density at radius 1 is 1.38 bits per heavy atom. The van der Waals surface area contributed by atoms with Crippen molar-refractivity contribution in [2.75, 3.05) is 0 Å². The monoisotopic (exact) mass is 335 g/mol. The fraction of sp³-hybridized carbons (Fsp3) is 0.312. The van der Waals surface area contributed by atoms with Gasteiger partial charge in [-0.25, -0.2) is 13.6 Å². The van der Waals surface area contributed by atoms with Gasteiger partial charge in [0.15, 0.2) is 17.7 Å². The lowest BCUT2D eigenvalue weighted by Crippen LogP contribution is -2.36. The molecule has 0 radical (unpaired) electrons. The molecular formula is C16H15F2N3O3. The highest BCUT2D eigenvalue weighted by Gasteiger charge is 2.46. The van der Waals surface area contributed by atoms with Gasteiger partial charge in [-0.05, 0) is 30.0 Å². The Balaban J connectivity index is 1.73. The van der Waals surface area contributed by atoms with Crippen LogP contribution in [0.4, 0.5) is 8.78 Å². The number of amides is 1. The molecule has 1 aromatic heterocycles. The van der Waals surface area contributed by atoms with E-state index >= 15 is 0 Å². The Hall–Kier alpha value is -2.77. The molecule has 0 saturated heterocycles. The Kier molecular flexibility index (Phi) is 4.04. The van der Waals surface area contributed by atoms with E-state index < -0.39 is 41.4 Å². The van der Waals surface area contributed by atoms with Crippen LogP contribution in [0.25, 0.3) is 0 Å². The third-order valence-electron chi connectivity index (χ3n) is 4.20. The van der Waals surface area contributed by atoms with Crippen LogP contribution in [-0.2, 0) is 16.6 Å². The number of halogens is 2. The fourth-order valence-electron chi connectivity index (χ4n) is 2.81. The number of aromatic nitrogens is 2. The number of aliphatic carboxylic acids is 1. The number of carboxylic acid groups (broad SMARTS) is 1. The Morgan fingerprint density at radius 2 is 2.12 bits per heavy atom. The van der Waals surface area contributed by atoms with Crippen molar-refractivity contribution in [3.8, 4) is 0 Å². The molecule has 1 amide bonds. The highest BCUT2D eigenvalue weighted by Crippen LogP contribution is 2.48. The van der Waals surface area contributed by atoms with Crippen LogP contribution < -0.4 is 5.32 Å². The number of nitrogens with one attached hydrogen (secondary N) is 1. The molecule has 8 heteroatoms. The number of hydrogen-bond donors (Lipinski definition) is 2. The molecule has 2 aromatic rings. The predicted octanol–water partition coefficient (Wildman–Crippen LogP) is 1.74. The molecule has 1 fully saturated rings. The number of carbonyl (C=O) groups is 2. The van der Waals surface area contributed by atoms with E-state index in [2.05, 4.69) is 10.4 Å². The van der Waals surface area contributed by atoms with E-state index in [0.717, 1.165) is 6.07 Å². The van der Waals surface area contributed by atoms with Gasteiger partial charge in [0.1, 0.15) is 0 Å². The number of benzene rings is 1. The summed E-state index contributed by atoms with van der Waals surface area (Å²) in [5, 5.41) is 15.6. The summed E-state index contributed by atoms with van der Waals surface area (Å²) >= 11 is 0. The van der Waals surface area contributed by atoms with Crippen LogP contribution in [0.5, 0.6) is 0 Å². The molecule has 0 aliphatic heterocycles. The molecule has 0 spiro atoms. The molecule has 3 rings (SSSR count). The molecule has 24 heavy (non-hydrogen) atoms. The second-order valence-corrected chi connectivity index (χ2v) is 5.75. The predicted molar refractivity (Wildman–Crippen MR) is 78.9 cm³/mol. The third kappa shape index (κ3) is 2.86. The molecular weight excluding hydrogens is 320 g/mol. The zero-order valence-corrected chi connectivity index (χ0v) is 12.7. The zero-order chi connectivity index (χ0) is 17.4. The number of carboxylic acids is 1. The highest BCUT2D eigenvalue weighted by molar-refractivity contribution is 5.88. The second-order valence-electron chi connectivity index (χ2n) is 5.75. The van der Waals surface area contributed by atoms with E-state index in [-0.39, 0.29) is 5.56 Å². The summed E-state index contributed by atoms with van der Waals surface area (Å²) in [6.07, 6.45) is 1.78. The van der Waals surface area contributed by atoms with Gasteiger partial charge in [-0.1, -0.05) is 12.1 Å². The van der Waals surface area contributed by atoms with Crippen LogP contribution >= 0.6 is 0 Å². The lowest BCUT2D eigenvalue weighted by molar-refractivity contribution is -0.142. The first-order valence-electron chi connectivity index (χ1n) is 7.35. The molecule has 6 nitrogen and oxygen atoms in total. The SMILES string of the molecule is Cn1nccc1C(NC(=O)C1CC1c1cccc(F)c1F)C(=O)O. The molecule has 126 valence electrons. The summed E-state index contributed by atoms with van der Waals surface area (Å²) in [6.45, 7) is 0. The van der Waals surface area contributed by atoms with Gasteiger partial charge in [-0.3, -0.25) is 9.48 Å². The second kappa shape index (κ2) is 6.03. The molecule has 3 atom stereocenters. The van der Waals surface area contributed by atoms with Crippen molar-refractivity contribution in [1.29, 1.82) is 0 Å². The first-order chi connectivity index (χ1) is 11.4. The fourth-order valence-corrected chi connectivity index (χ4v) is 2.81. The molecule has 1 aliphatic carbocycles. The van der Waals surface area contributed by atoms with Gasteiger partial charge in [0, 0.05) is 19.2 Å². The minimum absolute atomic E-state index is 0.141. The number of carbonyl (C=O) groups excluding carboxylic acids is 1. The highest BCUT2D eigenvalue weighted by atomic mass is 19.2. The molecule has 3 unspecified atom stereocenters. The van der Waals surface area contributed by atoms with Crippen molar-refractivity contribution in [3.63, 3.8) is 0 Å². The minimum atomic E-state index is -1.25. The summed E-state index contributed by atoms with van der Waals surface area (Å²) in [7, 11) is 1.57. The number of nitrogens with zero attached hydrogens (tertiary/aromatic N) is 2. The zero-order valence-electron chi connectivity index (χ0n) is 12.7. The Morgan fingerprint density at radius 3 is 2.75 bits per heavy atom. The van der Waals surface area contributed by atoms with Gasteiger partial charge in [0.05, 0.1) is 5.69 Å². The minimum Gasteiger partial charge on any atom is -0.479 e. The third-order valence-corrected chi connectivity index (χ3v) is 4.20. The van der Waals surface area contributed by atoms with E-state index in [4.69, 9.17) is 0 Å². The molecule has 1 aromatic carbocycles. The maximum Gasteiger partial charge on any atom is 0.332 e. The van der Waals surface area contributed by atoms with Crippen LogP contribution in [-0.4, -0.2) is 26.8 Å². The van der Waals surface area contributed by atoms with Crippen LogP contribution in [0.2, 0.25) is 0 Å². The molecule has 1 heterocycles. The van der Waals surface area contributed by atoms with Crippen LogP contribution in [0, 0.1) is 17.6 Å². The maximum atomic E-state index is 13.8. The van der Waals surface area contributed by atoms with Crippen LogP contribution in [0.15, 0.2) is 30.5 Å². The van der Waals surface area contributed by atoms with Crippen molar-refractivity contribution in [2.24, 2.45) is 13.0 Å². The van der Waals surface area contributed by atoms with E-state index in [1.807, 2.05) is 0 Å². The van der Waals surface area contributed by atoms with E-state index in [1.54, 1.807) is 7.05 Å². The molecule has 1 saturated carbocycles. The van der Waals surface area contributed by atoms with Gasteiger partial charge in [-0.15, -0.1) is 0 Å². The largest absolute Gasteiger partial charge is 0.479 e.